The van der Waals surface area contributed by atoms with Gasteiger partial charge < -0.3 is 26.2 Å². The highest BCUT2D eigenvalue weighted by molar-refractivity contribution is 5.82. The van der Waals surface area contributed by atoms with E-state index in [1.165, 1.54) is 9.80 Å². The van der Waals surface area contributed by atoms with E-state index in [1.54, 1.807) is 0 Å². The fraction of sp³-hybridized carbons (Fsp3) is 0.150. The molecule has 0 spiro atoms. The molecule has 0 aliphatic heterocycles. The summed E-state index contributed by atoms with van der Waals surface area (Å²) in [5.41, 5.74) is 15.4. The third-order valence-corrected chi connectivity index (χ3v) is 8.16. The second-order valence-corrected chi connectivity index (χ2v) is 12.3. The molecule has 11 heteroatoms. The van der Waals surface area contributed by atoms with Crippen LogP contribution in [-0.2, 0) is 32.3 Å². The number of nitrogens with zero attached hydrogens (tertiary/aromatic N) is 2. The van der Waals surface area contributed by atoms with Crippen LogP contribution < -0.4 is 5.73 Å². The molecule has 0 bridgehead atoms. The molecule has 0 aliphatic carbocycles. The highest BCUT2D eigenvalue weighted by atomic mass is 16.4. The number of benzene rings is 5. The van der Waals surface area contributed by atoms with Gasteiger partial charge in [-0.25, -0.2) is 0 Å². The Labute approximate surface area is 294 Å². The quantitative estimate of drug-likeness (QED) is 0.0782. The van der Waals surface area contributed by atoms with Crippen LogP contribution in [0, 0.1) is 0 Å². The number of carboxylic acid groups (broad SMARTS) is 4. The van der Waals surface area contributed by atoms with E-state index in [2.05, 4.69) is 12.1 Å². The van der Waals surface area contributed by atoms with Crippen molar-refractivity contribution < 1.29 is 39.6 Å². The van der Waals surface area contributed by atoms with Gasteiger partial charge in [-0.2, -0.15) is 0 Å². The molecule has 5 aromatic carbocycles. The van der Waals surface area contributed by atoms with Gasteiger partial charge in [0.2, 0.25) is 0 Å². The number of nitrogen functional groups attached to an aromatic ring is 1. The molecule has 0 radical (unpaired) electrons. The van der Waals surface area contributed by atoms with Crippen molar-refractivity contribution in [3.05, 3.63) is 126 Å². The Bertz CT molecular complexity index is 1910. The summed E-state index contributed by atoms with van der Waals surface area (Å²) in [5.74, 6) is -4.49. The van der Waals surface area contributed by atoms with E-state index in [4.69, 9.17) is 5.73 Å². The van der Waals surface area contributed by atoms with Gasteiger partial charge in [0.15, 0.2) is 0 Å². The Morgan fingerprint density at radius 1 is 0.412 bits per heavy atom. The smallest absolute Gasteiger partial charge is 0.317 e. The van der Waals surface area contributed by atoms with Gasteiger partial charge in [0.05, 0.1) is 26.2 Å². The molecule has 6 N–H and O–H groups in total. The van der Waals surface area contributed by atoms with Gasteiger partial charge in [0.1, 0.15) is 0 Å². The minimum atomic E-state index is -1.12. The zero-order valence-electron chi connectivity index (χ0n) is 27.6. The molecule has 260 valence electrons. The van der Waals surface area contributed by atoms with Crippen molar-refractivity contribution in [2.75, 3.05) is 31.9 Å². The number of hydrogen-bond acceptors (Lipinski definition) is 7. The number of rotatable bonds is 16. The van der Waals surface area contributed by atoms with Crippen molar-refractivity contribution in [2.24, 2.45) is 0 Å². The molecular weight excluding hydrogens is 650 g/mol. The SMILES string of the molecule is Nc1ccc(-c2ccc(-c3cc(-c4cccc(CN(CC(=O)O)CC(=O)O)c4)cc(-c4cccc(CN(CC(=O)O)CC(=O)O)c4)c3)cc2)cc1. The Hall–Kier alpha value is -6.30. The van der Waals surface area contributed by atoms with Gasteiger partial charge in [0.25, 0.3) is 0 Å². The molecule has 5 aromatic rings. The molecule has 0 heterocycles. The molecule has 0 saturated heterocycles. The van der Waals surface area contributed by atoms with Crippen LogP contribution >= 0.6 is 0 Å². The first-order valence-corrected chi connectivity index (χ1v) is 16.0. The predicted molar refractivity (Wildman–Crippen MR) is 194 cm³/mol. The molecule has 0 aliphatic rings. The van der Waals surface area contributed by atoms with Crippen molar-refractivity contribution in [1.82, 2.24) is 9.80 Å². The average molecular weight is 688 g/mol. The lowest BCUT2D eigenvalue weighted by Crippen LogP contribution is -2.33. The maximum atomic E-state index is 11.4. The highest BCUT2D eigenvalue weighted by Gasteiger charge is 2.17. The summed E-state index contributed by atoms with van der Waals surface area (Å²) in [6.07, 6.45) is 0. The Morgan fingerprint density at radius 2 is 0.725 bits per heavy atom. The molecular formula is C40H37N3O8. The van der Waals surface area contributed by atoms with E-state index in [-0.39, 0.29) is 13.1 Å². The molecule has 0 fully saturated rings. The van der Waals surface area contributed by atoms with Crippen LogP contribution in [0.2, 0.25) is 0 Å². The van der Waals surface area contributed by atoms with Gasteiger partial charge in [0, 0.05) is 18.8 Å². The van der Waals surface area contributed by atoms with E-state index in [0.717, 1.165) is 55.6 Å². The molecule has 0 saturated carbocycles. The monoisotopic (exact) mass is 687 g/mol. The average Bonchev–Trinajstić information content (AvgIpc) is 3.07. The highest BCUT2D eigenvalue weighted by Crippen LogP contribution is 2.35. The molecule has 0 atom stereocenters. The summed E-state index contributed by atoms with van der Waals surface area (Å²) in [4.78, 5) is 48.3. The number of hydrogen-bond donors (Lipinski definition) is 5. The number of carbonyl (C=O) groups is 4. The zero-order chi connectivity index (χ0) is 36.5. The maximum absolute atomic E-state index is 11.4. The number of aliphatic carboxylic acids is 4. The van der Waals surface area contributed by atoms with Gasteiger partial charge in [-0.3, -0.25) is 29.0 Å². The van der Waals surface area contributed by atoms with E-state index in [9.17, 15) is 39.6 Å². The summed E-state index contributed by atoms with van der Waals surface area (Å²) >= 11 is 0. The summed E-state index contributed by atoms with van der Waals surface area (Å²) < 4.78 is 0. The van der Waals surface area contributed by atoms with Crippen molar-refractivity contribution >= 4 is 29.6 Å². The molecule has 0 amide bonds. The Kier molecular flexibility index (Phi) is 11.6. The predicted octanol–water partition coefficient (Wildman–Crippen LogP) is 5.88. The van der Waals surface area contributed by atoms with Crippen molar-refractivity contribution in [3.8, 4) is 44.5 Å². The second kappa shape index (κ2) is 16.4. The Balaban J connectivity index is 1.55. The van der Waals surface area contributed by atoms with Crippen molar-refractivity contribution in [1.29, 1.82) is 0 Å². The largest absolute Gasteiger partial charge is 0.480 e. The number of carboxylic acids is 4. The Morgan fingerprint density at radius 3 is 1.08 bits per heavy atom. The van der Waals surface area contributed by atoms with Gasteiger partial charge in [-0.15, -0.1) is 0 Å². The topological polar surface area (TPSA) is 182 Å². The van der Waals surface area contributed by atoms with Crippen molar-refractivity contribution in [2.45, 2.75) is 13.1 Å². The summed E-state index contributed by atoms with van der Waals surface area (Å²) in [6.45, 7) is -1.44. The summed E-state index contributed by atoms with van der Waals surface area (Å²) in [5, 5.41) is 37.3. The van der Waals surface area contributed by atoms with Crippen LogP contribution in [0.3, 0.4) is 0 Å². The van der Waals surface area contributed by atoms with E-state index < -0.39 is 50.1 Å². The lowest BCUT2D eigenvalue weighted by atomic mass is 9.91. The number of anilines is 1. The fourth-order valence-corrected chi connectivity index (χ4v) is 5.97. The lowest BCUT2D eigenvalue weighted by Gasteiger charge is -2.19. The number of nitrogens with two attached hydrogens (primary N) is 1. The third kappa shape index (κ3) is 10.3. The third-order valence-electron chi connectivity index (χ3n) is 8.16. The van der Waals surface area contributed by atoms with Crippen LogP contribution in [0.25, 0.3) is 44.5 Å². The molecule has 0 aromatic heterocycles. The minimum Gasteiger partial charge on any atom is -0.480 e. The van der Waals surface area contributed by atoms with E-state index in [0.29, 0.717) is 5.69 Å². The van der Waals surface area contributed by atoms with E-state index in [1.807, 2.05) is 103 Å². The first kappa shape index (κ1) is 36.0. The molecule has 51 heavy (non-hydrogen) atoms. The fourth-order valence-electron chi connectivity index (χ4n) is 5.97. The maximum Gasteiger partial charge on any atom is 0.317 e. The standard InChI is InChI=1S/C40H37N3O8/c41-36-13-11-29(12-14-36)28-7-9-30(10-8-28)33-17-34(31-5-1-3-26(15-31)20-42(22-37(44)45)23-38(46)47)19-35(18-33)32-6-2-4-27(16-32)21-43(24-39(48)49)25-40(50)51/h1-19H,20-25,41H2,(H,44,45)(H,46,47)(H,48,49)(H,50,51). The molecule has 11 nitrogen and oxygen atoms in total. The minimum absolute atomic E-state index is 0.122. The van der Waals surface area contributed by atoms with Crippen LogP contribution in [0.1, 0.15) is 11.1 Å². The van der Waals surface area contributed by atoms with E-state index >= 15 is 0 Å². The van der Waals surface area contributed by atoms with Crippen LogP contribution in [0.5, 0.6) is 0 Å². The van der Waals surface area contributed by atoms with Gasteiger partial charge >= 0.3 is 23.9 Å². The molecule has 0 unspecified atom stereocenters. The summed E-state index contributed by atoms with van der Waals surface area (Å²) in [7, 11) is 0. The lowest BCUT2D eigenvalue weighted by molar-refractivity contribution is -0.144. The normalized spacial score (nSPS) is 11.1. The molecule has 5 rings (SSSR count). The van der Waals surface area contributed by atoms with Crippen LogP contribution in [0.4, 0.5) is 5.69 Å². The van der Waals surface area contributed by atoms with Crippen molar-refractivity contribution in [3.63, 3.8) is 0 Å². The second-order valence-electron chi connectivity index (χ2n) is 12.3. The first-order chi connectivity index (χ1) is 24.4. The van der Waals surface area contributed by atoms with Crippen LogP contribution in [-0.4, -0.2) is 80.3 Å². The summed E-state index contributed by atoms with van der Waals surface area (Å²) in [6, 6.07) is 36.9. The first-order valence-electron chi connectivity index (χ1n) is 16.0. The van der Waals surface area contributed by atoms with Gasteiger partial charge in [-0.1, -0.05) is 72.8 Å². The zero-order valence-corrected chi connectivity index (χ0v) is 27.6. The van der Waals surface area contributed by atoms with Crippen LogP contribution in [0.15, 0.2) is 115 Å². The van der Waals surface area contributed by atoms with Gasteiger partial charge in [-0.05, 0) is 98.1 Å².